The highest BCUT2D eigenvalue weighted by Crippen LogP contribution is 2.57. The van der Waals surface area contributed by atoms with Crippen LogP contribution in [0.2, 0.25) is 0 Å². The zero-order valence-electron chi connectivity index (χ0n) is 17.4. The number of anilines is 2. The van der Waals surface area contributed by atoms with Gasteiger partial charge < -0.3 is 15.0 Å². The molecule has 156 valence electrons. The van der Waals surface area contributed by atoms with Gasteiger partial charge in [0.25, 0.3) is 0 Å². The summed E-state index contributed by atoms with van der Waals surface area (Å²) in [7, 11) is 0. The quantitative estimate of drug-likeness (QED) is 0.746. The van der Waals surface area contributed by atoms with E-state index in [0.29, 0.717) is 35.1 Å². The number of allylic oxidation sites excluding steroid dienone is 2. The van der Waals surface area contributed by atoms with E-state index in [9.17, 15) is 5.26 Å². The van der Waals surface area contributed by atoms with Crippen molar-refractivity contribution in [1.82, 2.24) is 4.98 Å². The summed E-state index contributed by atoms with van der Waals surface area (Å²) in [5.74, 6) is 0.737. The largest absolute Gasteiger partial charge is 0.487 e. The Morgan fingerprint density at radius 3 is 3.06 bits per heavy atom. The van der Waals surface area contributed by atoms with Crippen molar-refractivity contribution in [3.8, 4) is 11.8 Å². The molecule has 1 fully saturated rings. The first-order chi connectivity index (χ1) is 15.2. The molecule has 0 bridgehead atoms. The fourth-order valence-electron chi connectivity index (χ4n) is 5.42. The van der Waals surface area contributed by atoms with Crippen LogP contribution in [0.3, 0.4) is 0 Å². The molecule has 0 saturated heterocycles. The molecule has 1 aromatic heterocycles. The molecule has 6 rings (SSSR count). The van der Waals surface area contributed by atoms with Crippen molar-refractivity contribution in [1.29, 1.82) is 5.26 Å². The van der Waals surface area contributed by atoms with E-state index in [2.05, 4.69) is 34.3 Å². The molecule has 1 N–H and O–H groups in total. The topological polar surface area (TPSA) is 61.2 Å². The number of hydrogen-bond acceptors (Lipinski definition) is 5. The lowest BCUT2D eigenvalue weighted by Gasteiger charge is -2.43. The standard InChI is InChI=1S/C25H23FN4O/c1-14-13-31-25-23(29-18-6-2-4-15(8-18)16-5-3-7-28-11-16)22(26)20-9-19-17(10-27)12-30(14)24(25)21(19)20/h3,5,7,9,11-12,14-15,18,29H,2,4,6,8,13H2,1H3. The summed E-state index contributed by atoms with van der Waals surface area (Å²) in [5, 5.41) is 13.1. The predicted molar refractivity (Wildman–Crippen MR) is 118 cm³/mol. The second kappa shape index (κ2) is 6.84. The van der Waals surface area contributed by atoms with Crippen LogP contribution < -0.4 is 15.0 Å². The zero-order valence-corrected chi connectivity index (χ0v) is 17.4. The highest BCUT2D eigenvalue weighted by atomic mass is 19.1. The molecular weight excluding hydrogens is 391 g/mol. The number of ether oxygens (including phenoxy) is 1. The van der Waals surface area contributed by atoms with Crippen molar-refractivity contribution in [2.45, 2.75) is 50.6 Å². The van der Waals surface area contributed by atoms with Crippen LogP contribution in [-0.2, 0) is 0 Å². The number of hydrogen-bond donors (Lipinski definition) is 1. The Labute approximate surface area is 180 Å². The van der Waals surface area contributed by atoms with E-state index in [4.69, 9.17) is 4.74 Å². The minimum atomic E-state index is -0.269. The average Bonchev–Trinajstić information content (AvgIpc) is 2.78. The van der Waals surface area contributed by atoms with E-state index >= 15 is 4.39 Å². The average molecular weight is 414 g/mol. The van der Waals surface area contributed by atoms with Crippen molar-refractivity contribution < 1.29 is 9.13 Å². The molecule has 31 heavy (non-hydrogen) atoms. The van der Waals surface area contributed by atoms with Gasteiger partial charge in [-0.2, -0.15) is 5.26 Å². The van der Waals surface area contributed by atoms with Crippen molar-refractivity contribution in [3.05, 3.63) is 58.8 Å². The molecule has 5 nitrogen and oxygen atoms in total. The van der Waals surface area contributed by atoms with Crippen LogP contribution in [-0.4, -0.2) is 23.7 Å². The third kappa shape index (κ3) is 2.69. The van der Waals surface area contributed by atoms with Crippen LogP contribution in [0.1, 0.15) is 55.2 Å². The van der Waals surface area contributed by atoms with Gasteiger partial charge in [-0.15, -0.1) is 0 Å². The van der Waals surface area contributed by atoms with Crippen molar-refractivity contribution in [2.75, 3.05) is 16.8 Å². The molecule has 3 heterocycles. The lowest BCUT2D eigenvalue weighted by atomic mass is 9.78. The van der Waals surface area contributed by atoms with Crippen LogP contribution in [0.25, 0.3) is 11.6 Å². The van der Waals surface area contributed by atoms with E-state index in [-0.39, 0.29) is 17.9 Å². The van der Waals surface area contributed by atoms with E-state index in [1.165, 1.54) is 5.56 Å². The summed E-state index contributed by atoms with van der Waals surface area (Å²) in [6.45, 7) is 2.52. The number of nitrogens with one attached hydrogen (secondary N) is 1. The van der Waals surface area contributed by atoms with Crippen molar-refractivity contribution >= 4 is 23.0 Å². The second-order valence-corrected chi connectivity index (χ2v) is 8.93. The predicted octanol–water partition coefficient (Wildman–Crippen LogP) is 5.22. The van der Waals surface area contributed by atoms with Gasteiger partial charge in [0.15, 0.2) is 11.6 Å². The molecule has 4 aliphatic rings. The smallest absolute Gasteiger partial charge is 0.169 e. The van der Waals surface area contributed by atoms with Gasteiger partial charge in [-0.05, 0) is 49.8 Å². The van der Waals surface area contributed by atoms with Crippen LogP contribution in [0.4, 0.5) is 15.8 Å². The van der Waals surface area contributed by atoms with Gasteiger partial charge in [0.05, 0.1) is 17.3 Å². The van der Waals surface area contributed by atoms with Crippen LogP contribution in [0, 0.1) is 17.1 Å². The van der Waals surface area contributed by atoms with Gasteiger partial charge in [-0.1, -0.05) is 12.5 Å². The molecule has 0 amide bonds. The maximum absolute atomic E-state index is 15.6. The normalized spacial score (nSPS) is 25.3. The molecule has 6 heteroatoms. The minimum Gasteiger partial charge on any atom is -0.487 e. The van der Waals surface area contributed by atoms with Gasteiger partial charge >= 0.3 is 0 Å². The third-order valence-corrected chi connectivity index (χ3v) is 7.02. The Morgan fingerprint density at radius 2 is 2.26 bits per heavy atom. The first kappa shape index (κ1) is 18.4. The Kier molecular flexibility index (Phi) is 4.07. The van der Waals surface area contributed by atoms with Gasteiger partial charge in [-0.3, -0.25) is 4.98 Å². The van der Waals surface area contributed by atoms with Crippen molar-refractivity contribution in [2.24, 2.45) is 0 Å². The molecule has 3 unspecified atom stereocenters. The SMILES string of the molecule is CC1COc2c(NC3CCCC(c4cccnc4)C3)c(F)c3c4c2N1C=C(C#N)C4=C3. The Balaban J connectivity index is 1.36. The number of nitriles is 1. The van der Waals surface area contributed by atoms with E-state index in [1.807, 2.05) is 18.5 Å². The van der Waals surface area contributed by atoms with Crippen LogP contribution in [0.5, 0.6) is 5.75 Å². The number of nitrogens with zero attached hydrogens (tertiary/aromatic N) is 3. The monoisotopic (exact) mass is 414 g/mol. The van der Waals surface area contributed by atoms with Crippen LogP contribution >= 0.6 is 0 Å². The van der Waals surface area contributed by atoms with Gasteiger partial charge in [-0.25, -0.2) is 4.39 Å². The Morgan fingerprint density at radius 1 is 1.35 bits per heavy atom. The van der Waals surface area contributed by atoms with Crippen molar-refractivity contribution in [3.63, 3.8) is 0 Å². The van der Waals surface area contributed by atoms with E-state index in [0.717, 1.165) is 42.5 Å². The first-order valence-corrected chi connectivity index (χ1v) is 11.0. The highest BCUT2D eigenvalue weighted by molar-refractivity contribution is 6.13. The molecule has 2 aliphatic heterocycles. The molecule has 0 spiro atoms. The summed E-state index contributed by atoms with van der Waals surface area (Å²) < 4.78 is 21.7. The summed E-state index contributed by atoms with van der Waals surface area (Å²) in [6.07, 6.45) is 11.6. The summed E-state index contributed by atoms with van der Waals surface area (Å²) >= 11 is 0. The fraction of sp³-hybridized carbons (Fsp3) is 0.360. The Bertz CT molecular complexity index is 1180. The maximum Gasteiger partial charge on any atom is 0.169 e. The summed E-state index contributed by atoms with van der Waals surface area (Å²) in [5.41, 5.74) is 5.43. The maximum atomic E-state index is 15.6. The van der Waals surface area contributed by atoms with Gasteiger partial charge in [0, 0.05) is 41.3 Å². The molecule has 1 saturated carbocycles. The molecular formula is C25H23FN4O. The van der Waals surface area contributed by atoms with Gasteiger partial charge in [0.2, 0.25) is 0 Å². The van der Waals surface area contributed by atoms with E-state index in [1.54, 1.807) is 12.3 Å². The zero-order chi connectivity index (χ0) is 21.1. The molecule has 2 aromatic rings. The lowest BCUT2D eigenvalue weighted by molar-refractivity contribution is 0.276. The Hall–Kier alpha value is -3.33. The third-order valence-electron chi connectivity index (χ3n) is 7.02. The number of halogens is 1. The number of pyridine rings is 1. The number of aromatic nitrogens is 1. The number of rotatable bonds is 3. The number of benzene rings is 1. The highest BCUT2D eigenvalue weighted by Gasteiger charge is 2.41. The second-order valence-electron chi connectivity index (χ2n) is 8.93. The summed E-state index contributed by atoms with van der Waals surface area (Å²) in [6, 6.07) is 6.63. The minimum absolute atomic E-state index is 0.0880. The molecule has 2 aliphatic carbocycles. The first-order valence-electron chi connectivity index (χ1n) is 11.0. The van der Waals surface area contributed by atoms with Gasteiger partial charge in [0.1, 0.15) is 18.4 Å². The lowest BCUT2D eigenvalue weighted by Crippen LogP contribution is -2.41. The summed E-state index contributed by atoms with van der Waals surface area (Å²) in [4.78, 5) is 6.35. The van der Waals surface area contributed by atoms with E-state index < -0.39 is 0 Å². The fourth-order valence-corrected chi connectivity index (χ4v) is 5.42. The molecule has 1 aromatic carbocycles. The molecule has 3 atom stereocenters. The van der Waals surface area contributed by atoms with Crippen LogP contribution in [0.15, 0.2) is 36.3 Å². The molecule has 0 radical (unpaired) electrons.